The molecule has 0 radical (unpaired) electrons. The highest BCUT2D eigenvalue weighted by molar-refractivity contribution is 6.03. The summed E-state index contributed by atoms with van der Waals surface area (Å²) < 4.78 is 6.86. The average molecular weight is 395 g/mol. The summed E-state index contributed by atoms with van der Waals surface area (Å²) >= 11 is 0. The molecular formula is C19H17N5O5. The number of ether oxygens (including phenoxy) is 1. The van der Waals surface area contributed by atoms with E-state index < -0.39 is 16.7 Å². The smallest absolute Gasteiger partial charge is 0.276 e. The zero-order valence-electron chi connectivity index (χ0n) is 15.1. The summed E-state index contributed by atoms with van der Waals surface area (Å²) in [5.74, 6) is -0.585. The van der Waals surface area contributed by atoms with Crippen molar-refractivity contribution in [1.82, 2.24) is 9.78 Å². The molecule has 0 aliphatic heterocycles. The average Bonchev–Trinajstić information content (AvgIpc) is 3.19. The molecule has 10 heteroatoms. The first kappa shape index (κ1) is 19.5. The van der Waals surface area contributed by atoms with E-state index in [0.29, 0.717) is 17.1 Å². The van der Waals surface area contributed by atoms with Crippen LogP contribution >= 0.6 is 0 Å². The lowest BCUT2D eigenvalue weighted by molar-refractivity contribution is -0.384. The van der Waals surface area contributed by atoms with Crippen LogP contribution in [-0.4, -0.2) is 33.1 Å². The van der Waals surface area contributed by atoms with Crippen molar-refractivity contribution in [3.8, 4) is 11.4 Å². The summed E-state index contributed by atoms with van der Waals surface area (Å²) in [4.78, 5) is 33.8. The fraction of sp³-hybridized carbons (Fsp3) is 0.105. The second kappa shape index (κ2) is 8.65. The second-order valence-electron chi connectivity index (χ2n) is 5.94. The SMILES string of the molecule is NC(=O)CCOc1ccccc1NC(=O)c1ccn(-c2cccc([N+](=O)[O-])c2)n1. The molecular weight excluding hydrogens is 378 g/mol. The summed E-state index contributed by atoms with van der Waals surface area (Å²) in [6.07, 6.45) is 1.58. The summed E-state index contributed by atoms with van der Waals surface area (Å²) in [7, 11) is 0. The lowest BCUT2D eigenvalue weighted by atomic mass is 10.2. The number of nitro benzene ring substituents is 1. The molecule has 1 heterocycles. The molecule has 0 saturated heterocycles. The minimum absolute atomic E-state index is 0.0515. The molecule has 0 saturated carbocycles. The maximum atomic E-state index is 12.5. The summed E-state index contributed by atoms with van der Waals surface area (Å²) in [6, 6.07) is 14.1. The van der Waals surface area contributed by atoms with Gasteiger partial charge in [0.25, 0.3) is 11.6 Å². The number of amides is 2. The highest BCUT2D eigenvalue weighted by atomic mass is 16.6. The van der Waals surface area contributed by atoms with Crippen molar-refractivity contribution < 1.29 is 19.2 Å². The molecule has 0 unspecified atom stereocenters. The Bertz CT molecular complexity index is 1060. The van der Waals surface area contributed by atoms with Crippen LogP contribution in [0.15, 0.2) is 60.8 Å². The third kappa shape index (κ3) is 4.95. The van der Waals surface area contributed by atoms with Crippen LogP contribution in [0.25, 0.3) is 5.69 Å². The van der Waals surface area contributed by atoms with Gasteiger partial charge in [0, 0.05) is 18.3 Å². The highest BCUT2D eigenvalue weighted by Crippen LogP contribution is 2.24. The first-order valence-electron chi connectivity index (χ1n) is 8.56. The molecule has 29 heavy (non-hydrogen) atoms. The van der Waals surface area contributed by atoms with Crippen molar-refractivity contribution >= 4 is 23.2 Å². The van der Waals surface area contributed by atoms with E-state index in [-0.39, 0.29) is 24.4 Å². The van der Waals surface area contributed by atoms with E-state index in [4.69, 9.17) is 10.5 Å². The predicted octanol–water partition coefficient (Wildman–Crippen LogP) is 2.29. The lowest BCUT2D eigenvalue weighted by Gasteiger charge is -2.11. The van der Waals surface area contributed by atoms with E-state index in [2.05, 4.69) is 10.4 Å². The van der Waals surface area contributed by atoms with Crippen LogP contribution in [0.4, 0.5) is 11.4 Å². The van der Waals surface area contributed by atoms with Gasteiger partial charge in [-0.05, 0) is 24.3 Å². The van der Waals surface area contributed by atoms with Crippen LogP contribution in [0.3, 0.4) is 0 Å². The Morgan fingerprint density at radius 1 is 1.17 bits per heavy atom. The maximum absolute atomic E-state index is 12.5. The van der Waals surface area contributed by atoms with Crippen molar-refractivity contribution in [3.63, 3.8) is 0 Å². The summed E-state index contributed by atoms with van der Waals surface area (Å²) in [5.41, 5.74) is 5.99. The number of hydrogen-bond donors (Lipinski definition) is 2. The van der Waals surface area contributed by atoms with Gasteiger partial charge >= 0.3 is 0 Å². The standard InChI is InChI=1S/C19H17N5O5/c20-18(25)9-11-29-17-7-2-1-6-15(17)21-19(26)16-8-10-23(22-16)13-4-3-5-14(12-13)24(27)28/h1-8,10,12H,9,11H2,(H2,20,25)(H,21,26). The summed E-state index contributed by atoms with van der Waals surface area (Å²) in [6.45, 7) is 0.0869. The van der Waals surface area contributed by atoms with Gasteiger partial charge in [-0.3, -0.25) is 19.7 Å². The number of rotatable bonds is 8. The molecule has 0 spiro atoms. The molecule has 0 aliphatic carbocycles. The third-order valence-corrected chi connectivity index (χ3v) is 3.87. The van der Waals surface area contributed by atoms with E-state index in [1.54, 1.807) is 30.3 Å². The fourth-order valence-electron chi connectivity index (χ4n) is 2.48. The number of carbonyl (C=O) groups is 2. The third-order valence-electron chi connectivity index (χ3n) is 3.87. The number of nitrogens with one attached hydrogen (secondary N) is 1. The van der Waals surface area contributed by atoms with Crippen LogP contribution in [0, 0.1) is 10.1 Å². The zero-order chi connectivity index (χ0) is 20.8. The molecule has 3 rings (SSSR count). The molecule has 0 fully saturated rings. The summed E-state index contributed by atoms with van der Waals surface area (Å²) in [5, 5.41) is 17.8. The number of carbonyl (C=O) groups excluding carboxylic acids is 2. The Morgan fingerprint density at radius 3 is 2.72 bits per heavy atom. The molecule has 0 atom stereocenters. The predicted molar refractivity (Wildman–Crippen MR) is 104 cm³/mol. The molecule has 2 aromatic carbocycles. The molecule has 0 bridgehead atoms. The Labute approximate surface area is 165 Å². The number of para-hydroxylation sites is 2. The minimum Gasteiger partial charge on any atom is -0.491 e. The van der Waals surface area contributed by atoms with Crippen LogP contribution in [0.2, 0.25) is 0 Å². The van der Waals surface area contributed by atoms with Crippen molar-refractivity contribution in [1.29, 1.82) is 0 Å². The maximum Gasteiger partial charge on any atom is 0.276 e. The van der Waals surface area contributed by atoms with Gasteiger partial charge in [0.1, 0.15) is 5.75 Å². The molecule has 0 aliphatic rings. The number of nitro groups is 1. The number of benzene rings is 2. The van der Waals surface area contributed by atoms with Crippen LogP contribution in [0.1, 0.15) is 16.9 Å². The quantitative estimate of drug-likeness (QED) is 0.442. The van der Waals surface area contributed by atoms with Crippen molar-refractivity contribution in [2.24, 2.45) is 5.73 Å². The number of non-ortho nitro benzene ring substituents is 1. The lowest BCUT2D eigenvalue weighted by Crippen LogP contribution is -2.16. The first-order chi connectivity index (χ1) is 13.9. The molecule has 2 amide bonds. The van der Waals surface area contributed by atoms with Gasteiger partial charge in [0.15, 0.2) is 5.69 Å². The Kier molecular flexibility index (Phi) is 5.83. The van der Waals surface area contributed by atoms with Gasteiger partial charge in [-0.1, -0.05) is 18.2 Å². The number of hydrogen-bond acceptors (Lipinski definition) is 6. The van der Waals surface area contributed by atoms with Crippen molar-refractivity contribution in [3.05, 3.63) is 76.6 Å². The van der Waals surface area contributed by atoms with Gasteiger partial charge in [0.05, 0.1) is 29.3 Å². The Balaban J connectivity index is 1.74. The zero-order valence-corrected chi connectivity index (χ0v) is 15.1. The van der Waals surface area contributed by atoms with E-state index in [1.807, 2.05) is 0 Å². The van der Waals surface area contributed by atoms with Crippen LogP contribution in [-0.2, 0) is 4.79 Å². The van der Waals surface area contributed by atoms with E-state index in [9.17, 15) is 19.7 Å². The van der Waals surface area contributed by atoms with Gasteiger partial charge in [-0.15, -0.1) is 0 Å². The van der Waals surface area contributed by atoms with Crippen molar-refractivity contribution in [2.75, 3.05) is 11.9 Å². The molecule has 3 N–H and O–H groups in total. The minimum atomic E-state index is -0.504. The molecule has 10 nitrogen and oxygen atoms in total. The normalized spacial score (nSPS) is 10.3. The van der Waals surface area contributed by atoms with Gasteiger partial charge in [-0.2, -0.15) is 5.10 Å². The van der Waals surface area contributed by atoms with Gasteiger partial charge < -0.3 is 15.8 Å². The topological polar surface area (TPSA) is 142 Å². The van der Waals surface area contributed by atoms with E-state index >= 15 is 0 Å². The monoisotopic (exact) mass is 395 g/mol. The Morgan fingerprint density at radius 2 is 1.97 bits per heavy atom. The number of aromatic nitrogens is 2. The van der Waals surface area contributed by atoms with Gasteiger partial charge in [0.2, 0.25) is 5.91 Å². The molecule has 148 valence electrons. The number of anilines is 1. The van der Waals surface area contributed by atoms with E-state index in [1.165, 1.54) is 35.1 Å². The molecule has 1 aromatic heterocycles. The largest absolute Gasteiger partial charge is 0.491 e. The number of nitrogens with zero attached hydrogens (tertiary/aromatic N) is 3. The van der Waals surface area contributed by atoms with E-state index in [0.717, 1.165) is 0 Å². The van der Waals surface area contributed by atoms with Gasteiger partial charge in [-0.25, -0.2) is 4.68 Å². The second-order valence-corrected chi connectivity index (χ2v) is 5.94. The fourth-order valence-corrected chi connectivity index (χ4v) is 2.48. The molecule has 3 aromatic rings. The Hall–Kier alpha value is -4.21. The van der Waals surface area contributed by atoms with Crippen molar-refractivity contribution in [2.45, 2.75) is 6.42 Å². The van der Waals surface area contributed by atoms with Crippen LogP contribution in [0.5, 0.6) is 5.75 Å². The number of primary amides is 1. The van der Waals surface area contributed by atoms with Crippen LogP contribution < -0.4 is 15.8 Å². The number of nitrogens with two attached hydrogens (primary N) is 1. The first-order valence-corrected chi connectivity index (χ1v) is 8.56. The highest BCUT2D eigenvalue weighted by Gasteiger charge is 2.14.